The molecule has 1 heterocycles. The fourth-order valence-corrected chi connectivity index (χ4v) is 1.07. The zero-order valence-electron chi connectivity index (χ0n) is 8.91. The first-order valence-corrected chi connectivity index (χ1v) is 4.33. The predicted molar refractivity (Wildman–Crippen MR) is 51.4 cm³/mol. The number of pyridine rings is 1. The van der Waals surface area contributed by atoms with Crippen LogP contribution in [0.4, 0.5) is 19.0 Å². The fraction of sp³-hybridized carbons (Fsp3) is 0.222. The van der Waals surface area contributed by atoms with Crippen LogP contribution >= 0.6 is 0 Å². The third-order valence-corrected chi connectivity index (χ3v) is 1.73. The third-order valence-electron chi connectivity index (χ3n) is 1.73. The van der Waals surface area contributed by atoms with Gasteiger partial charge < -0.3 is 15.2 Å². The maximum absolute atomic E-state index is 12.1. The summed E-state index contributed by atoms with van der Waals surface area (Å²) in [7, 11) is 1.05. The molecular formula is C9H6F3N3O3. The summed E-state index contributed by atoms with van der Waals surface area (Å²) in [4.78, 5) is 14.5. The zero-order chi connectivity index (χ0) is 13.9. The lowest BCUT2D eigenvalue weighted by molar-refractivity contribution is -0.274. The van der Waals surface area contributed by atoms with Crippen molar-refractivity contribution >= 4 is 11.8 Å². The topological polar surface area (TPSA) is 98.2 Å². The molecule has 1 aromatic rings. The molecule has 0 saturated carbocycles. The number of carbonyl (C=O) groups is 1. The monoisotopic (exact) mass is 261 g/mol. The van der Waals surface area contributed by atoms with Gasteiger partial charge in [-0.2, -0.15) is 5.26 Å². The van der Waals surface area contributed by atoms with E-state index in [1.165, 1.54) is 6.07 Å². The van der Waals surface area contributed by atoms with Crippen molar-refractivity contribution in [2.75, 3.05) is 12.8 Å². The number of anilines is 1. The third kappa shape index (κ3) is 3.00. The Hall–Kier alpha value is -2.50. The van der Waals surface area contributed by atoms with Crippen molar-refractivity contribution in [3.05, 3.63) is 17.3 Å². The number of nitrogens with two attached hydrogens (primary N) is 1. The van der Waals surface area contributed by atoms with Gasteiger partial charge in [-0.05, 0) is 6.07 Å². The number of nitrogen functional groups attached to an aromatic ring is 1. The quantitative estimate of drug-likeness (QED) is 0.803. The van der Waals surface area contributed by atoms with Gasteiger partial charge in [-0.1, -0.05) is 0 Å². The van der Waals surface area contributed by atoms with E-state index in [4.69, 9.17) is 11.0 Å². The number of carbonyl (C=O) groups excluding carboxylic acids is 1. The normalized spacial score (nSPS) is 10.6. The van der Waals surface area contributed by atoms with E-state index in [0.29, 0.717) is 0 Å². The van der Waals surface area contributed by atoms with Crippen molar-refractivity contribution in [2.45, 2.75) is 6.36 Å². The first kappa shape index (κ1) is 13.6. The Kier molecular flexibility index (Phi) is 3.61. The lowest BCUT2D eigenvalue weighted by Crippen LogP contribution is -2.20. The fourth-order valence-electron chi connectivity index (χ4n) is 1.07. The molecule has 0 saturated heterocycles. The molecule has 0 fully saturated rings. The van der Waals surface area contributed by atoms with E-state index in [0.717, 1.165) is 13.2 Å². The molecule has 1 aromatic heterocycles. The average Bonchev–Trinajstić information content (AvgIpc) is 2.28. The Labute approximate surface area is 98.7 Å². The molecule has 6 nitrogen and oxygen atoms in total. The van der Waals surface area contributed by atoms with E-state index in [2.05, 4.69) is 14.5 Å². The summed E-state index contributed by atoms with van der Waals surface area (Å²) >= 11 is 0. The minimum Gasteiger partial charge on any atom is -0.464 e. The molecule has 96 valence electrons. The summed E-state index contributed by atoms with van der Waals surface area (Å²) in [6.07, 6.45) is -5.02. The van der Waals surface area contributed by atoms with Gasteiger partial charge >= 0.3 is 12.3 Å². The molecule has 0 aromatic carbocycles. The second kappa shape index (κ2) is 4.79. The van der Waals surface area contributed by atoms with E-state index in [-0.39, 0.29) is 5.69 Å². The van der Waals surface area contributed by atoms with E-state index in [1.807, 2.05) is 0 Å². The highest BCUT2D eigenvalue weighted by molar-refractivity contribution is 5.88. The molecule has 0 aliphatic rings. The van der Waals surface area contributed by atoms with Crippen molar-refractivity contribution < 1.29 is 27.4 Å². The van der Waals surface area contributed by atoms with Crippen molar-refractivity contribution in [1.29, 1.82) is 5.26 Å². The van der Waals surface area contributed by atoms with Gasteiger partial charge in [0.15, 0.2) is 17.3 Å². The van der Waals surface area contributed by atoms with Crippen LogP contribution < -0.4 is 10.5 Å². The molecule has 0 atom stereocenters. The number of hydrogen-bond donors (Lipinski definition) is 1. The van der Waals surface area contributed by atoms with Gasteiger partial charge in [0.2, 0.25) is 0 Å². The summed E-state index contributed by atoms with van der Waals surface area (Å²) in [5, 5.41) is 8.69. The van der Waals surface area contributed by atoms with E-state index in [1.54, 1.807) is 0 Å². The summed E-state index contributed by atoms with van der Waals surface area (Å²) in [6, 6.07) is 2.22. The van der Waals surface area contributed by atoms with E-state index < -0.39 is 29.5 Å². The second-order valence-electron chi connectivity index (χ2n) is 2.92. The Morgan fingerprint density at radius 2 is 2.17 bits per heavy atom. The largest absolute Gasteiger partial charge is 0.573 e. The molecule has 0 unspecified atom stereocenters. The molecular weight excluding hydrogens is 255 g/mol. The number of aromatic nitrogens is 1. The van der Waals surface area contributed by atoms with Crippen LogP contribution in [0.3, 0.4) is 0 Å². The number of alkyl halides is 3. The molecule has 0 amide bonds. The molecule has 1 rings (SSSR count). The van der Waals surface area contributed by atoms with Crippen LogP contribution in [0.1, 0.15) is 16.1 Å². The van der Waals surface area contributed by atoms with Gasteiger partial charge in [0.25, 0.3) is 0 Å². The van der Waals surface area contributed by atoms with Crippen LogP contribution in [0.2, 0.25) is 0 Å². The Morgan fingerprint density at radius 1 is 1.56 bits per heavy atom. The molecule has 18 heavy (non-hydrogen) atoms. The lowest BCUT2D eigenvalue weighted by atomic mass is 10.2. The van der Waals surface area contributed by atoms with Gasteiger partial charge in [0.05, 0.1) is 7.11 Å². The molecule has 0 bridgehead atoms. The van der Waals surface area contributed by atoms with Gasteiger partial charge in [-0.15, -0.1) is 13.2 Å². The van der Waals surface area contributed by atoms with Crippen LogP contribution in [0.25, 0.3) is 0 Å². The number of nitriles is 1. The van der Waals surface area contributed by atoms with Gasteiger partial charge in [-0.3, -0.25) is 0 Å². The number of ether oxygens (including phenoxy) is 2. The maximum Gasteiger partial charge on any atom is 0.573 e. The summed E-state index contributed by atoms with van der Waals surface area (Å²) in [5.41, 5.74) is 4.25. The zero-order valence-corrected chi connectivity index (χ0v) is 8.91. The van der Waals surface area contributed by atoms with Crippen LogP contribution in [-0.2, 0) is 4.74 Å². The summed E-state index contributed by atoms with van der Waals surface area (Å²) in [5.74, 6) is -2.61. The summed E-state index contributed by atoms with van der Waals surface area (Å²) < 4.78 is 44.0. The second-order valence-corrected chi connectivity index (χ2v) is 2.92. The minimum absolute atomic E-state index is 0.388. The highest BCUT2D eigenvalue weighted by Crippen LogP contribution is 2.31. The van der Waals surface area contributed by atoms with E-state index >= 15 is 0 Å². The SMILES string of the molecule is COC(=O)c1cc(C#N)c(OC(F)(F)F)c(N)n1. The maximum atomic E-state index is 12.1. The van der Waals surface area contributed by atoms with Crippen molar-refractivity contribution in [3.8, 4) is 11.8 Å². The number of nitrogens with zero attached hydrogens (tertiary/aromatic N) is 2. The lowest BCUT2D eigenvalue weighted by Gasteiger charge is -2.12. The minimum atomic E-state index is -5.02. The number of esters is 1. The van der Waals surface area contributed by atoms with Crippen molar-refractivity contribution in [3.63, 3.8) is 0 Å². The summed E-state index contributed by atoms with van der Waals surface area (Å²) in [6.45, 7) is 0. The van der Waals surface area contributed by atoms with Crippen LogP contribution in [0, 0.1) is 11.3 Å². The van der Waals surface area contributed by atoms with E-state index in [9.17, 15) is 18.0 Å². The predicted octanol–water partition coefficient (Wildman–Crippen LogP) is 1.22. The van der Waals surface area contributed by atoms with Crippen LogP contribution in [-0.4, -0.2) is 24.4 Å². The Morgan fingerprint density at radius 3 is 2.61 bits per heavy atom. The van der Waals surface area contributed by atoms with Crippen molar-refractivity contribution in [1.82, 2.24) is 4.98 Å². The molecule has 0 spiro atoms. The van der Waals surface area contributed by atoms with Crippen LogP contribution in [0.5, 0.6) is 5.75 Å². The average molecular weight is 261 g/mol. The molecule has 0 radical (unpaired) electrons. The van der Waals surface area contributed by atoms with Gasteiger partial charge in [0.1, 0.15) is 11.6 Å². The first-order valence-electron chi connectivity index (χ1n) is 4.33. The number of halogens is 3. The molecule has 9 heteroatoms. The Balaban J connectivity index is 3.30. The first-order chi connectivity index (χ1) is 8.28. The Bertz CT molecular complexity index is 522. The number of hydrogen-bond acceptors (Lipinski definition) is 6. The highest BCUT2D eigenvalue weighted by Gasteiger charge is 2.34. The van der Waals surface area contributed by atoms with Gasteiger partial charge in [-0.25, -0.2) is 9.78 Å². The molecule has 0 aliphatic heterocycles. The number of methoxy groups -OCH3 is 1. The molecule has 0 aliphatic carbocycles. The van der Waals surface area contributed by atoms with Crippen molar-refractivity contribution in [2.24, 2.45) is 0 Å². The molecule has 2 N–H and O–H groups in total. The van der Waals surface area contributed by atoms with Crippen LogP contribution in [0.15, 0.2) is 6.07 Å². The number of rotatable bonds is 2. The highest BCUT2D eigenvalue weighted by atomic mass is 19.4. The van der Waals surface area contributed by atoms with Gasteiger partial charge in [0, 0.05) is 0 Å². The standard InChI is InChI=1S/C9H6F3N3O3/c1-17-8(16)5-2-4(3-13)6(7(14)15-5)18-9(10,11)12/h2H,1H3,(H2,14,15). The smallest absolute Gasteiger partial charge is 0.464 e.